The molecule has 0 aromatic heterocycles. The second-order valence-electron chi connectivity index (χ2n) is 5.51. The van der Waals surface area contributed by atoms with E-state index in [1.165, 1.54) is 0 Å². The second kappa shape index (κ2) is 8.87. The van der Waals surface area contributed by atoms with Crippen molar-refractivity contribution in [2.75, 3.05) is 11.9 Å². The van der Waals surface area contributed by atoms with Crippen LogP contribution in [0.3, 0.4) is 0 Å². The van der Waals surface area contributed by atoms with Crippen LogP contribution in [-0.4, -0.2) is 24.6 Å². The number of amides is 1. The van der Waals surface area contributed by atoms with E-state index < -0.39 is 12.1 Å². The van der Waals surface area contributed by atoms with E-state index in [9.17, 15) is 9.59 Å². The van der Waals surface area contributed by atoms with Gasteiger partial charge in [-0.15, -0.1) is 0 Å². The Labute approximate surface area is 148 Å². The average Bonchev–Trinajstić information content (AvgIpc) is 2.62. The molecule has 2 rings (SSSR count). The number of aryl methyl sites for hydroxylation is 1. The predicted octanol–water partition coefficient (Wildman–Crippen LogP) is 3.83. The van der Waals surface area contributed by atoms with Crippen LogP contribution in [0, 0.1) is 0 Å². The molecular formula is C20H23NO4. The van der Waals surface area contributed by atoms with E-state index in [4.69, 9.17) is 9.47 Å². The predicted molar refractivity (Wildman–Crippen MR) is 96.9 cm³/mol. The SMILES string of the molecule is CCOC(=O)c1cccc(NC(=O)[C@@H](C)Oc2ccccc2CC)c1. The highest BCUT2D eigenvalue weighted by Crippen LogP contribution is 2.20. The molecule has 0 aliphatic carbocycles. The third-order valence-corrected chi connectivity index (χ3v) is 3.67. The van der Waals surface area contributed by atoms with Crippen LogP contribution in [0.25, 0.3) is 0 Å². The molecular weight excluding hydrogens is 318 g/mol. The highest BCUT2D eigenvalue weighted by atomic mass is 16.5. The zero-order valence-electron chi connectivity index (χ0n) is 14.7. The standard InChI is InChI=1S/C20H23NO4/c1-4-15-9-6-7-12-18(15)25-14(3)19(22)21-17-11-8-10-16(13-17)20(23)24-5-2/h6-14H,4-5H2,1-3H3,(H,21,22)/t14-/m1/s1. The number of esters is 1. The third kappa shape index (κ3) is 5.08. The van der Waals surface area contributed by atoms with E-state index in [-0.39, 0.29) is 5.91 Å². The number of hydrogen-bond acceptors (Lipinski definition) is 4. The summed E-state index contributed by atoms with van der Waals surface area (Å²) in [5.74, 6) is -0.000361. The average molecular weight is 341 g/mol. The molecule has 2 aromatic carbocycles. The Morgan fingerprint density at radius 3 is 2.56 bits per heavy atom. The first-order valence-electron chi connectivity index (χ1n) is 8.37. The van der Waals surface area contributed by atoms with Crippen LogP contribution < -0.4 is 10.1 Å². The van der Waals surface area contributed by atoms with Crippen molar-refractivity contribution in [1.82, 2.24) is 0 Å². The van der Waals surface area contributed by atoms with Crippen LogP contribution in [0.4, 0.5) is 5.69 Å². The van der Waals surface area contributed by atoms with Crippen LogP contribution in [-0.2, 0) is 16.0 Å². The molecule has 1 atom stereocenters. The molecule has 0 aliphatic heterocycles. The number of ether oxygens (including phenoxy) is 2. The third-order valence-electron chi connectivity index (χ3n) is 3.67. The molecule has 0 bridgehead atoms. The number of anilines is 1. The minimum absolute atomic E-state index is 0.285. The Kier molecular flexibility index (Phi) is 6.57. The number of carbonyl (C=O) groups excluding carboxylic acids is 2. The number of nitrogens with one attached hydrogen (secondary N) is 1. The van der Waals surface area contributed by atoms with Crippen molar-refractivity contribution in [2.45, 2.75) is 33.3 Å². The summed E-state index contributed by atoms with van der Waals surface area (Å²) in [6, 6.07) is 14.3. The van der Waals surface area contributed by atoms with E-state index in [2.05, 4.69) is 5.32 Å². The minimum atomic E-state index is -0.668. The van der Waals surface area contributed by atoms with Crippen LogP contribution in [0.15, 0.2) is 48.5 Å². The van der Waals surface area contributed by atoms with Gasteiger partial charge in [-0.1, -0.05) is 31.2 Å². The first-order chi connectivity index (χ1) is 12.0. The first-order valence-corrected chi connectivity index (χ1v) is 8.37. The van der Waals surface area contributed by atoms with Crippen LogP contribution in [0.2, 0.25) is 0 Å². The molecule has 2 aromatic rings. The maximum Gasteiger partial charge on any atom is 0.338 e. The lowest BCUT2D eigenvalue weighted by Crippen LogP contribution is -2.30. The molecule has 0 saturated carbocycles. The molecule has 0 unspecified atom stereocenters. The fourth-order valence-corrected chi connectivity index (χ4v) is 2.34. The zero-order chi connectivity index (χ0) is 18.2. The number of rotatable bonds is 7. The molecule has 0 radical (unpaired) electrons. The topological polar surface area (TPSA) is 64.6 Å². The molecule has 1 N–H and O–H groups in total. The molecule has 0 aliphatic rings. The Balaban J connectivity index is 2.04. The highest BCUT2D eigenvalue weighted by Gasteiger charge is 2.17. The summed E-state index contributed by atoms with van der Waals surface area (Å²) < 4.78 is 10.7. The monoisotopic (exact) mass is 341 g/mol. The molecule has 5 nitrogen and oxygen atoms in total. The van der Waals surface area contributed by atoms with Crippen molar-refractivity contribution in [2.24, 2.45) is 0 Å². The number of hydrogen-bond donors (Lipinski definition) is 1. The number of para-hydroxylation sites is 1. The summed E-state index contributed by atoms with van der Waals surface area (Å²) in [5, 5.41) is 2.77. The van der Waals surface area contributed by atoms with E-state index in [0.717, 1.165) is 12.0 Å². The number of benzene rings is 2. The van der Waals surface area contributed by atoms with E-state index in [0.29, 0.717) is 23.6 Å². The summed E-state index contributed by atoms with van der Waals surface area (Å²) in [6.07, 6.45) is 0.158. The van der Waals surface area contributed by atoms with Gasteiger partial charge in [0.25, 0.3) is 5.91 Å². The lowest BCUT2D eigenvalue weighted by molar-refractivity contribution is -0.122. The normalized spacial score (nSPS) is 11.5. The highest BCUT2D eigenvalue weighted by molar-refractivity contribution is 5.96. The Hall–Kier alpha value is -2.82. The smallest absolute Gasteiger partial charge is 0.338 e. The minimum Gasteiger partial charge on any atom is -0.481 e. The maximum absolute atomic E-state index is 12.4. The zero-order valence-corrected chi connectivity index (χ0v) is 14.7. The Morgan fingerprint density at radius 2 is 1.84 bits per heavy atom. The largest absolute Gasteiger partial charge is 0.481 e. The van der Waals surface area contributed by atoms with Gasteiger partial charge in [0.2, 0.25) is 0 Å². The van der Waals surface area contributed by atoms with Gasteiger partial charge in [-0.3, -0.25) is 4.79 Å². The van der Waals surface area contributed by atoms with Crippen LogP contribution in [0.1, 0.15) is 36.7 Å². The maximum atomic E-state index is 12.4. The summed E-state index contributed by atoms with van der Waals surface area (Å²) in [4.78, 5) is 24.1. The molecule has 132 valence electrons. The van der Waals surface area contributed by atoms with E-state index >= 15 is 0 Å². The molecule has 1 amide bonds. The fraction of sp³-hybridized carbons (Fsp3) is 0.300. The fourth-order valence-electron chi connectivity index (χ4n) is 2.34. The number of carbonyl (C=O) groups is 2. The quantitative estimate of drug-likeness (QED) is 0.777. The van der Waals surface area contributed by atoms with Gasteiger partial charge in [-0.05, 0) is 50.1 Å². The van der Waals surface area contributed by atoms with Gasteiger partial charge in [-0.2, -0.15) is 0 Å². The van der Waals surface area contributed by atoms with Crippen LogP contribution >= 0.6 is 0 Å². The summed E-state index contributed by atoms with van der Waals surface area (Å²) in [7, 11) is 0. The molecule has 0 saturated heterocycles. The second-order valence-corrected chi connectivity index (χ2v) is 5.51. The van der Waals surface area contributed by atoms with Gasteiger partial charge in [-0.25, -0.2) is 4.79 Å². The molecule has 5 heteroatoms. The summed E-state index contributed by atoms with van der Waals surface area (Å²) in [5.41, 5.74) is 1.96. The van der Waals surface area contributed by atoms with Crippen molar-refractivity contribution in [3.05, 3.63) is 59.7 Å². The van der Waals surface area contributed by atoms with Gasteiger partial charge in [0.1, 0.15) is 5.75 Å². The van der Waals surface area contributed by atoms with Crippen molar-refractivity contribution < 1.29 is 19.1 Å². The van der Waals surface area contributed by atoms with Crippen molar-refractivity contribution in [3.63, 3.8) is 0 Å². The molecule has 0 heterocycles. The van der Waals surface area contributed by atoms with Crippen molar-refractivity contribution >= 4 is 17.6 Å². The van der Waals surface area contributed by atoms with Gasteiger partial charge in [0.15, 0.2) is 6.10 Å². The Bertz CT molecular complexity index is 742. The van der Waals surface area contributed by atoms with Crippen LogP contribution in [0.5, 0.6) is 5.75 Å². The first kappa shape index (κ1) is 18.5. The van der Waals surface area contributed by atoms with Gasteiger partial charge >= 0.3 is 5.97 Å². The molecule has 0 spiro atoms. The van der Waals surface area contributed by atoms with Crippen molar-refractivity contribution in [1.29, 1.82) is 0 Å². The molecule has 0 fully saturated rings. The Morgan fingerprint density at radius 1 is 1.08 bits per heavy atom. The molecule has 25 heavy (non-hydrogen) atoms. The van der Waals surface area contributed by atoms with E-state index in [1.807, 2.05) is 31.2 Å². The lowest BCUT2D eigenvalue weighted by atomic mass is 10.1. The van der Waals surface area contributed by atoms with E-state index in [1.54, 1.807) is 38.1 Å². The lowest BCUT2D eigenvalue weighted by Gasteiger charge is -2.17. The van der Waals surface area contributed by atoms with Crippen molar-refractivity contribution in [3.8, 4) is 5.75 Å². The summed E-state index contributed by atoms with van der Waals surface area (Å²) in [6.45, 7) is 5.78. The van der Waals surface area contributed by atoms with Gasteiger partial charge < -0.3 is 14.8 Å². The van der Waals surface area contributed by atoms with Gasteiger partial charge in [0, 0.05) is 5.69 Å². The summed E-state index contributed by atoms with van der Waals surface area (Å²) >= 11 is 0. The van der Waals surface area contributed by atoms with Gasteiger partial charge in [0.05, 0.1) is 12.2 Å².